The Balaban J connectivity index is 2.35. The first-order chi connectivity index (χ1) is 10.0. The smallest absolute Gasteiger partial charge is 0.160 e. The molecule has 1 aliphatic rings. The van der Waals surface area contributed by atoms with Crippen LogP contribution in [0.3, 0.4) is 0 Å². The molecule has 110 valence electrons. The number of carbonyl (C=O) groups is 1. The predicted octanol–water partition coefficient (Wildman–Crippen LogP) is 3.43. The van der Waals surface area contributed by atoms with Crippen LogP contribution in [0.1, 0.15) is 46.6 Å². The Labute approximate surface area is 126 Å². The Hall–Kier alpha value is -1.74. The molecule has 3 heteroatoms. The molecule has 0 spiro atoms. The van der Waals surface area contributed by atoms with Crippen LogP contribution in [0.5, 0.6) is 0 Å². The van der Waals surface area contributed by atoms with Crippen molar-refractivity contribution in [3.05, 3.63) is 40.1 Å². The Morgan fingerprint density at radius 3 is 2.76 bits per heavy atom. The second kappa shape index (κ2) is 5.23. The molecule has 1 aromatic heterocycles. The zero-order valence-corrected chi connectivity index (χ0v) is 13.3. The van der Waals surface area contributed by atoms with Gasteiger partial charge in [0.15, 0.2) is 5.78 Å². The lowest BCUT2D eigenvalue weighted by atomic mass is 9.92. The maximum atomic E-state index is 12.3. The third-order valence-corrected chi connectivity index (χ3v) is 4.46. The molecule has 0 saturated carbocycles. The topological polar surface area (TPSA) is 33.2 Å². The van der Waals surface area contributed by atoms with Crippen molar-refractivity contribution in [3.8, 4) is 0 Å². The van der Waals surface area contributed by atoms with E-state index in [1.165, 1.54) is 5.56 Å². The molecule has 3 nitrogen and oxygen atoms in total. The summed E-state index contributed by atoms with van der Waals surface area (Å²) >= 11 is 0. The molecule has 1 aromatic carbocycles. The lowest BCUT2D eigenvalue weighted by molar-refractivity contribution is 0.101. The van der Waals surface area contributed by atoms with Crippen LogP contribution in [-0.2, 0) is 13.0 Å². The van der Waals surface area contributed by atoms with E-state index in [2.05, 4.69) is 37.8 Å². The minimum atomic E-state index is 0.154. The molecule has 0 bridgehead atoms. The van der Waals surface area contributed by atoms with Crippen molar-refractivity contribution in [3.63, 3.8) is 0 Å². The molecule has 0 radical (unpaired) electrons. The number of nitrogens with zero attached hydrogens (tertiary/aromatic N) is 2. The van der Waals surface area contributed by atoms with E-state index in [9.17, 15) is 4.79 Å². The van der Waals surface area contributed by atoms with Crippen molar-refractivity contribution in [2.45, 2.75) is 40.7 Å². The van der Waals surface area contributed by atoms with Gasteiger partial charge in [-0.2, -0.15) is 0 Å². The van der Waals surface area contributed by atoms with E-state index >= 15 is 0 Å². The van der Waals surface area contributed by atoms with Crippen molar-refractivity contribution >= 4 is 16.7 Å². The molecular weight excluding hydrogens is 260 g/mol. The minimum Gasteiger partial charge on any atom is -0.299 e. The molecule has 3 rings (SSSR count). The van der Waals surface area contributed by atoms with Crippen LogP contribution in [0.15, 0.2) is 12.1 Å². The van der Waals surface area contributed by atoms with E-state index in [0.717, 1.165) is 59.3 Å². The van der Waals surface area contributed by atoms with Gasteiger partial charge in [-0.05, 0) is 44.5 Å². The number of aromatic nitrogens is 1. The first-order valence-corrected chi connectivity index (χ1v) is 7.67. The van der Waals surface area contributed by atoms with Gasteiger partial charge < -0.3 is 0 Å². The highest BCUT2D eigenvalue weighted by atomic mass is 16.1. The highest BCUT2D eigenvalue weighted by Crippen LogP contribution is 2.30. The molecule has 0 N–H and O–H groups in total. The molecule has 0 saturated heterocycles. The molecule has 2 aromatic rings. The molecule has 0 unspecified atom stereocenters. The third-order valence-electron chi connectivity index (χ3n) is 4.46. The number of carbonyl (C=O) groups excluding carboxylic acids is 1. The fourth-order valence-electron chi connectivity index (χ4n) is 3.42. The van der Waals surface area contributed by atoms with Crippen LogP contribution in [0, 0.1) is 13.8 Å². The van der Waals surface area contributed by atoms with E-state index in [1.807, 2.05) is 0 Å². The number of Topliss-reactive ketones (excluding diaryl/α,β-unsaturated/α-hetero) is 1. The van der Waals surface area contributed by atoms with Crippen molar-refractivity contribution < 1.29 is 4.79 Å². The second-order valence-corrected chi connectivity index (χ2v) is 6.06. The summed E-state index contributed by atoms with van der Waals surface area (Å²) in [5, 5.41) is 1.02. The van der Waals surface area contributed by atoms with Gasteiger partial charge in [-0.25, -0.2) is 0 Å². The molecule has 2 heterocycles. The highest BCUT2D eigenvalue weighted by Gasteiger charge is 2.24. The van der Waals surface area contributed by atoms with Crippen LogP contribution >= 0.6 is 0 Å². The van der Waals surface area contributed by atoms with Gasteiger partial charge in [0.1, 0.15) is 0 Å². The summed E-state index contributed by atoms with van der Waals surface area (Å²) < 4.78 is 0. The van der Waals surface area contributed by atoms with E-state index in [4.69, 9.17) is 4.98 Å². The molecule has 21 heavy (non-hydrogen) atoms. The maximum Gasteiger partial charge on any atom is 0.160 e. The van der Waals surface area contributed by atoms with Gasteiger partial charge in [-0.1, -0.05) is 18.6 Å². The summed E-state index contributed by atoms with van der Waals surface area (Å²) in [5.74, 6) is 0.154. The largest absolute Gasteiger partial charge is 0.299 e. The van der Waals surface area contributed by atoms with Gasteiger partial charge >= 0.3 is 0 Å². The molecule has 0 amide bonds. The average molecular weight is 282 g/mol. The van der Waals surface area contributed by atoms with E-state index in [-0.39, 0.29) is 5.78 Å². The second-order valence-electron chi connectivity index (χ2n) is 6.06. The zero-order chi connectivity index (χ0) is 15.1. The van der Waals surface area contributed by atoms with Gasteiger partial charge in [0.05, 0.1) is 5.52 Å². The summed E-state index contributed by atoms with van der Waals surface area (Å²) in [4.78, 5) is 19.6. The van der Waals surface area contributed by atoms with Crippen molar-refractivity contribution in [2.24, 2.45) is 0 Å². The highest BCUT2D eigenvalue weighted by molar-refractivity contribution is 6.08. The number of likely N-dealkylation sites (N-methyl/N-ethyl adjacent to an activating group) is 1. The Morgan fingerprint density at radius 1 is 1.33 bits per heavy atom. The fourth-order valence-corrected chi connectivity index (χ4v) is 3.42. The summed E-state index contributed by atoms with van der Waals surface area (Å²) in [5.41, 5.74) is 6.49. The monoisotopic (exact) mass is 282 g/mol. The Morgan fingerprint density at radius 2 is 2.10 bits per heavy atom. The van der Waals surface area contributed by atoms with Crippen LogP contribution in [-0.4, -0.2) is 28.8 Å². The quantitative estimate of drug-likeness (QED) is 0.791. The molecule has 1 aliphatic heterocycles. The van der Waals surface area contributed by atoms with Gasteiger partial charge in [0.2, 0.25) is 0 Å². The van der Waals surface area contributed by atoms with Crippen LogP contribution in [0.4, 0.5) is 0 Å². The number of fused-ring (bicyclic) bond motifs is 2. The van der Waals surface area contributed by atoms with Crippen LogP contribution in [0.25, 0.3) is 10.9 Å². The summed E-state index contributed by atoms with van der Waals surface area (Å²) in [6.07, 6.45) is 0.937. The summed E-state index contributed by atoms with van der Waals surface area (Å²) in [6, 6.07) is 4.25. The molecule has 0 aliphatic carbocycles. The summed E-state index contributed by atoms with van der Waals surface area (Å²) in [7, 11) is 0. The number of ketones is 1. The predicted molar refractivity (Wildman–Crippen MR) is 85.9 cm³/mol. The normalized spacial score (nSPS) is 15.2. The maximum absolute atomic E-state index is 12.3. The first-order valence-electron chi connectivity index (χ1n) is 7.67. The Kier molecular flexibility index (Phi) is 3.54. The number of aryl methyl sites for hydroxylation is 2. The first kappa shape index (κ1) is 14.2. The van der Waals surface area contributed by atoms with Crippen molar-refractivity contribution in [1.82, 2.24) is 9.88 Å². The molecule has 0 atom stereocenters. The zero-order valence-electron chi connectivity index (χ0n) is 13.3. The average Bonchev–Trinajstić information content (AvgIpc) is 2.44. The van der Waals surface area contributed by atoms with Gasteiger partial charge in [-0.3, -0.25) is 14.7 Å². The number of hydrogen-bond acceptors (Lipinski definition) is 3. The number of pyridine rings is 1. The number of rotatable bonds is 2. The van der Waals surface area contributed by atoms with Crippen LogP contribution < -0.4 is 0 Å². The van der Waals surface area contributed by atoms with Gasteiger partial charge in [0, 0.05) is 36.2 Å². The SMILES string of the molecule is CCN1CCc2nc3c(C)cc(C)cc3c(C(C)=O)c2C1. The lowest BCUT2D eigenvalue weighted by Crippen LogP contribution is -2.32. The minimum absolute atomic E-state index is 0.154. The van der Waals surface area contributed by atoms with Gasteiger partial charge in [-0.15, -0.1) is 0 Å². The Bertz CT molecular complexity index is 734. The fraction of sp³-hybridized carbons (Fsp3) is 0.444. The summed E-state index contributed by atoms with van der Waals surface area (Å²) in [6.45, 7) is 10.9. The van der Waals surface area contributed by atoms with Gasteiger partial charge in [0.25, 0.3) is 0 Å². The number of benzene rings is 1. The van der Waals surface area contributed by atoms with Crippen molar-refractivity contribution in [1.29, 1.82) is 0 Å². The van der Waals surface area contributed by atoms with Crippen LogP contribution in [0.2, 0.25) is 0 Å². The van der Waals surface area contributed by atoms with Crippen molar-refractivity contribution in [2.75, 3.05) is 13.1 Å². The third kappa shape index (κ3) is 2.36. The molecular formula is C18H22N2O. The number of hydrogen-bond donors (Lipinski definition) is 0. The van der Waals surface area contributed by atoms with E-state index in [1.54, 1.807) is 6.92 Å². The standard InChI is InChI=1S/C18H22N2O/c1-5-20-7-6-16-15(10-20)17(13(4)21)14-9-11(2)8-12(3)18(14)19-16/h8-9H,5-7,10H2,1-4H3. The van der Waals surface area contributed by atoms with E-state index in [0.29, 0.717) is 0 Å². The molecule has 0 fully saturated rings. The lowest BCUT2D eigenvalue weighted by Gasteiger charge is -2.29. The van der Waals surface area contributed by atoms with E-state index < -0.39 is 0 Å².